The number of hydrogen-bond acceptors (Lipinski definition) is 0. The van der Waals surface area contributed by atoms with Gasteiger partial charge >= 0.3 is 204 Å². The topological polar surface area (TPSA) is 0 Å². The fourth-order valence-electron chi connectivity index (χ4n) is 5.92. The van der Waals surface area contributed by atoms with Crippen molar-refractivity contribution in [2.45, 2.75) is 43.7 Å². The average molecular weight is 522 g/mol. The van der Waals surface area contributed by atoms with Crippen LogP contribution in [0.1, 0.15) is 48.8 Å². The van der Waals surface area contributed by atoms with Crippen LogP contribution in [0.25, 0.3) is 11.1 Å². The summed E-state index contributed by atoms with van der Waals surface area (Å²) in [5, 5.41) is 1.55. The Morgan fingerprint density at radius 3 is 2.16 bits per heavy atom. The molecule has 160 valence electrons. The predicted octanol–water partition coefficient (Wildman–Crippen LogP) is 7.29. The van der Waals surface area contributed by atoms with Crippen LogP contribution in [0.15, 0.2) is 72.8 Å². The summed E-state index contributed by atoms with van der Waals surface area (Å²) in [5.41, 5.74) is 5.83. The SMILES string of the molecule is [Cl][Ti]([Cl])([Cl])[c]1cccc2c1C([SiH](CC1CCCCC1)c1ccccc1)c1ccccc1-2. The maximum absolute atomic E-state index is 6.73. The second-order valence-electron chi connectivity index (χ2n) is 9.09. The van der Waals surface area contributed by atoms with E-state index in [2.05, 4.69) is 72.8 Å². The molecule has 2 aliphatic carbocycles. The Balaban J connectivity index is 1.69. The molecule has 0 saturated heterocycles. The number of fused-ring (bicyclic) bond motifs is 3. The monoisotopic (exact) mass is 520 g/mol. The van der Waals surface area contributed by atoms with Crippen LogP contribution in [0, 0.1) is 5.92 Å². The zero-order valence-electron chi connectivity index (χ0n) is 17.5. The summed E-state index contributed by atoms with van der Waals surface area (Å²) in [6, 6.07) is 28.0. The molecule has 0 bridgehead atoms. The predicted molar refractivity (Wildman–Crippen MR) is 136 cm³/mol. The standard InChI is InChI=1S/C26H27Si.3ClH.Ti/c1-3-11-20(12-4-1)19-27(21-13-5-2-6-14-21)26-24-17-9-7-15-22(24)23-16-8-10-18-25(23)26;;;;/h2,5-10,13-17,20,26-27H,1,3-4,11-12,19H2;3*1H;/q;;;;+3/p-3. The molecule has 0 amide bonds. The number of rotatable bonds is 5. The van der Waals surface area contributed by atoms with E-state index in [9.17, 15) is 0 Å². The van der Waals surface area contributed by atoms with Gasteiger partial charge < -0.3 is 0 Å². The van der Waals surface area contributed by atoms with Crippen LogP contribution in [-0.4, -0.2) is 8.80 Å². The van der Waals surface area contributed by atoms with Gasteiger partial charge in [0.2, 0.25) is 0 Å². The third kappa shape index (κ3) is 4.47. The molecule has 2 atom stereocenters. The van der Waals surface area contributed by atoms with Crippen molar-refractivity contribution in [3.8, 4) is 11.1 Å². The minimum absolute atomic E-state index is 0.382. The zero-order valence-corrected chi connectivity index (χ0v) is 22.5. The quantitative estimate of drug-likeness (QED) is 0.309. The van der Waals surface area contributed by atoms with Gasteiger partial charge in [-0.25, -0.2) is 0 Å². The fraction of sp³-hybridized carbons (Fsp3) is 0.308. The van der Waals surface area contributed by atoms with E-state index in [4.69, 9.17) is 27.9 Å². The molecule has 0 heterocycles. The first-order valence-corrected chi connectivity index (χ1v) is 20.7. The summed E-state index contributed by atoms with van der Waals surface area (Å²) in [6.07, 6.45) is 6.91. The molecule has 1 fully saturated rings. The molecule has 1 saturated carbocycles. The van der Waals surface area contributed by atoms with Gasteiger partial charge in [0.05, 0.1) is 0 Å². The third-order valence-corrected chi connectivity index (χ3v) is 15.3. The van der Waals surface area contributed by atoms with Crippen LogP contribution < -0.4 is 9.05 Å². The van der Waals surface area contributed by atoms with Gasteiger partial charge in [-0.05, 0) is 0 Å². The van der Waals surface area contributed by atoms with Crippen molar-refractivity contribution >= 4 is 45.8 Å². The summed E-state index contributed by atoms with van der Waals surface area (Å²) in [6.45, 7) is 0. The fourth-order valence-corrected chi connectivity index (χ4v) is 13.9. The molecule has 0 N–H and O–H groups in total. The van der Waals surface area contributed by atoms with Gasteiger partial charge in [0.1, 0.15) is 0 Å². The van der Waals surface area contributed by atoms with Gasteiger partial charge in [-0.15, -0.1) is 0 Å². The van der Waals surface area contributed by atoms with E-state index in [0.29, 0.717) is 5.54 Å². The second-order valence-corrected chi connectivity index (χ2v) is 23.9. The van der Waals surface area contributed by atoms with E-state index in [-0.39, 0.29) is 0 Å². The third-order valence-electron chi connectivity index (χ3n) is 7.25. The van der Waals surface area contributed by atoms with Crippen molar-refractivity contribution in [3.63, 3.8) is 0 Å². The molecule has 31 heavy (non-hydrogen) atoms. The Morgan fingerprint density at radius 2 is 1.42 bits per heavy atom. The van der Waals surface area contributed by atoms with Gasteiger partial charge in [0, 0.05) is 0 Å². The molecule has 5 heteroatoms. The molecular weight excluding hydrogens is 495 g/mol. The Hall–Kier alpha value is -0.539. The van der Waals surface area contributed by atoms with E-state index in [0.717, 1.165) is 9.79 Å². The van der Waals surface area contributed by atoms with E-state index < -0.39 is 22.2 Å². The van der Waals surface area contributed by atoms with Crippen molar-refractivity contribution in [2.75, 3.05) is 0 Å². The van der Waals surface area contributed by atoms with Crippen molar-refractivity contribution < 1.29 is 13.4 Å². The van der Waals surface area contributed by atoms with Gasteiger partial charge in [0.25, 0.3) is 0 Å². The Morgan fingerprint density at radius 1 is 0.742 bits per heavy atom. The summed E-state index contributed by atoms with van der Waals surface area (Å²) < 4.78 is 1.04. The molecule has 2 unspecified atom stereocenters. The van der Waals surface area contributed by atoms with Gasteiger partial charge in [-0.1, -0.05) is 0 Å². The van der Waals surface area contributed by atoms with Crippen LogP contribution >= 0.6 is 27.9 Å². The molecule has 5 rings (SSSR count). The van der Waals surface area contributed by atoms with E-state index in [1.807, 2.05) is 0 Å². The van der Waals surface area contributed by atoms with Crippen molar-refractivity contribution in [1.29, 1.82) is 0 Å². The van der Waals surface area contributed by atoms with E-state index in [1.165, 1.54) is 60.4 Å². The first-order valence-electron chi connectivity index (χ1n) is 11.4. The number of benzene rings is 3. The molecule has 2 aliphatic rings. The van der Waals surface area contributed by atoms with Crippen LogP contribution in [0.3, 0.4) is 0 Å². The first kappa shape index (κ1) is 22.3. The molecule has 0 spiro atoms. The Kier molecular flexibility index (Phi) is 6.73. The number of halogens is 3. The van der Waals surface area contributed by atoms with Crippen LogP contribution in [-0.2, 0) is 13.4 Å². The van der Waals surface area contributed by atoms with Crippen molar-refractivity contribution in [1.82, 2.24) is 0 Å². The normalized spacial score (nSPS) is 19.6. The molecule has 0 aliphatic heterocycles. The van der Waals surface area contributed by atoms with Crippen LogP contribution in [0.5, 0.6) is 0 Å². The Labute approximate surface area is 202 Å². The Bertz CT molecular complexity index is 1060. The molecule has 3 aromatic carbocycles. The van der Waals surface area contributed by atoms with Crippen molar-refractivity contribution in [3.05, 3.63) is 83.9 Å². The van der Waals surface area contributed by atoms with E-state index >= 15 is 0 Å². The molecule has 3 aromatic rings. The number of hydrogen-bond donors (Lipinski definition) is 0. The van der Waals surface area contributed by atoms with Gasteiger partial charge in [-0.2, -0.15) is 0 Å². The minimum atomic E-state index is -3.59. The zero-order chi connectivity index (χ0) is 21.4. The van der Waals surface area contributed by atoms with Crippen molar-refractivity contribution in [2.24, 2.45) is 5.92 Å². The van der Waals surface area contributed by atoms with Gasteiger partial charge in [-0.3, -0.25) is 0 Å². The maximum atomic E-state index is 6.73. The van der Waals surface area contributed by atoms with E-state index in [1.54, 1.807) is 5.19 Å². The first-order chi connectivity index (χ1) is 15.0. The summed E-state index contributed by atoms with van der Waals surface area (Å²) in [7, 11) is 18.7. The average Bonchev–Trinajstić information content (AvgIpc) is 3.12. The molecule has 0 aromatic heterocycles. The second kappa shape index (κ2) is 9.37. The summed E-state index contributed by atoms with van der Waals surface area (Å²) in [4.78, 5) is 0. The van der Waals surface area contributed by atoms with Crippen LogP contribution in [0.2, 0.25) is 6.04 Å². The van der Waals surface area contributed by atoms with Gasteiger partial charge in [0.15, 0.2) is 0 Å². The molecule has 0 nitrogen and oxygen atoms in total. The summed E-state index contributed by atoms with van der Waals surface area (Å²) in [5.74, 6) is 0.836. The molecule has 0 radical (unpaired) electrons. The molecular formula is C26H27Cl3SiTi. The summed E-state index contributed by atoms with van der Waals surface area (Å²) >= 11 is -3.59. The van der Waals surface area contributed by atoms with Crippen LogP contribution in [0.4, 0.5) is 0 Å².